The molecule has 1 saturated heterocycles. The molecule has 76 valence electrons. The van der Waals surface area contributed by atoms with Gasteiger partial charge in [-0.2, -0.15) is 11.8 Å². The molecule has 0 aliphatic carbocycles. The lowest BCUT2D eigenvalue weighted by molar-refractivity contribution is 0.803. The Bertz CT molecular complexity index is 375. The lowest BCUT2D eigenvalue weighted by atomic mass is 10.2. The van der Waals surface area contributed by atoms with Gasteiger partial charge in [-0.25, -0.2) is 4.98 Å². The van der Waals surface area contributed by atoms with Gasteiger partial charge in [0.1, 0.15) is 9.39 Å². The largest absolute Gasteiger partial charge is 0.365 e. The number of thioether (sulfide) groups is 1. The lowest BCUT2D eigenvalue weighted by Crippen LogP contribution is -2.22. The summed E-state index contributed by atoms with van der Waals surface area (Å²) in [6, 6.07) is 0.461. The van der Waals surface area contributed by atoms with Crippen LogP contribution >= 0.6 is 34.4 Å². The van der Waals surface area contributed by atoms with Gasteiger partial charge in [0.05, 0.1) is 6.33 Å². The number of hydrogen-bond acceptors (Lipinski definition) is 4. The molecule has 0 bridgehead atoms. The van der Waals surface area contributed by atoms with E-state index < -0.39 is 0 Å². The summed E-state index contributed by atoms with van der Waals surface area (Å²) in [6.45, 7) is 0. The zero-order valence-corrected chi connectivity index (χ0v) is 10.4. The minimum atomic E-state index is -0.0752. The maximum Gasteiger partial charge on any atom is 0.266 e. The summed E-state index contributed by atoms with van der Waals surface area (Å²) in [5, 5.41) is 3.29. The van der Waals surface area contributed by atoms with Gasteiger partial charge in [0.2, 0.25) is 0 Å². The van der Waals surface area contributed by atoms with Gasteiger partial charge in [-0.15, -0.1) is 0 Å². The molecule has 0 radical (unpaired) electrons. The van der Waals surface area contributed by atoms with Gasteiger partial charge >= 0.3 is 0 Å². The van der Waals surface area contributed by atoms with Crippen LogP contribution in [0.15, 0.2) is 11.1 Å². The minimum absolute atomic E-state index is 0.0752. The van der Waals surface area contributed by atoms with Crippen molar-refractivity contribution in [2.45, 2.75) is 12.5 Å². The van der Waals surface area contributed by atoms with Gasteiger partial charge in [-0.1, -0.05) is 0 Å². The number of rotatable bonds is 2. The molecular formula is C8H10IN3OS. The molecule has 0 aromatic carbocycles. The monoisotopic (exact) mass is 323 g/mol. The summed E-state index contributed by atoms with van der Waals surface area (Å²) in [6.07, 6.45) is 2.59. The van der Waals surface area contributed by atoms with Crippen molar-refractivity contribution >= 4 is 40.2 Å². The van der Waals surface area contributed by atoms with Crippen LogP contribution in [0.25, 0.3) is 0 Å². The van der Waals surface area contributed by atoms with E-state index in [0.29, 0.717) is 15.4 Å². The van der Waals surface area contributed by atoms with Gasteiger partial charge in [-0.3, -0.25) is 4.79 Å². The van der Waals surface area contributed by atoms with Gasteiger partial charge in [0.25, 0.3) is 5.56 Å². The molecule has 0 spiro atoms. The Morgan fingerprint density at radius 3 is 3.29 bits per heavy atom. The Labute approximate surface area is 99.4 Å². The molecular weight excluding hydrogens is 313 g/mol. The second-order valence-electron chi connectivity index (χ2n) is 3.10. The summed E-state index contributed by atoms with van der Waals surface area (Å²) in [4.78, 5) is 17.9. The van der Waals surface area contributed by atoms with Crippen LogP contribution in [0.5, 0.6) is 0 Å². The fraction of sp³-hybridized carbons (Fsp3) is 0.500. The molecule has 14 heavy (non-hydrogen) atoms. The Balaban J connectivity index is 2.15. The van der Waals surface area contributed by atoms with Crippen LogP contribution in [0, 0.1) is 3.57 Å². The maximum atomic E-state index is 11.3. The van der Waals surface area contributed by atoms with E-state index in [1.54, 1.807) is 0 Å². The van der Waals surface area contributed by atoms with E-state index in [9.17, 15) is 4.79 Å². The predicted molar refractivity (Wildman–Crippen MR) is 66.9 cm³/mol. The zero-order valence-electron chi connectivity index (χ0n) is 7.42. The van der Waals surface area contributed by atoms with Crippen LogP contribution in [0.1, 0.15) is 6.42 Å². The summed E-state index contributed by atoms with van der Waals surface area (Å²) < 4.78 is 0.641. The molecule has 2 N–H and O–H groups in total. The molecule has 4 nitrogen and oxygen atoms in total. The molecule has 1 atom stereocenters. The first-order chi connectivity index (χ1) is 6.77. The highest BCUT2D eigenvalue weighted by Gasteiger charge is 2.17. The average Bonchev–Trinajstić information content (AvgIpc) is 2.66. The van der Waals surface area contributed by atoms with Crippen LogP contribution in [0.3, 0.4) is 0 Å². The third kappa shape index (κ3) is 2.22. The van der Waals surface area contributed by atoms with Gasteiger partial charge in [0.15, 0.2) is 0 Å². The third-order valence-corrected chi connectivity index (χ3v) is 4.23. The number of hydrogen-bond donors (Lipinski definition) is 2. The molecule has 1 unspecified atom stereocenters. The molecule has 1 aromatic heterocycles. The fourth-order valence-corrected chi connectivity index (χ4v) is 2.93. The van der Waals surface area contributed by atoms with E-state index in [2.05, 4.69) is 15.3 Å². The second kappa shape index (κ2) is 4.52. The second-order valence-corrected chi connectivity index (χ2v) is 5.33. The lowest BCUT2D eigenvalue weighted by Gasteiger charge is -2.12. The van der Waals surface area contributed by atoms with Crippen molar-refractivity contribution in [1.29, 1.82) is 0 Å². The summed E-state index contributed by atoms with van der Waals surface area (Å²) >= 11 is 3.95. The van der Waals surface area contributed by atoms with E-state index in [4.69, 9.17) is 0 Å². The van der Waals surface area contributed by atoms with Crippen molar-refractivity contribution < 1.29 is 0 Å². The highest BCUT2D eigenvalue weighted by molar-refractivity contribution is 14.1. The Kier molecular flexibility index (Phi) is 3.32. The van der Waals surface area contributed by atoms with E-state index in [1.807, 2.05) is 34.4 Å². The van der Waals surface area contributed by atoms with E-state index >= 15 is 0 Å². The standard InChI is InChI=1S/C8H10IN3OS/c9-6-7(10-4-11-8(6)13)12-5-1-2-14-3-5/h4-5H,1-3H2,(H2,10,11,12,13). The number of H-pyrrole nitrogens is 1. The highest BCUT2D eigenvalue weighted by Crippen LogP contribution is 2.21. The molecule has 1 fully saturated rings. The number of nitrogens with zero attached hydrogens (tertiary/aromatic N) is 1. The number of aromatic amines is 1. The zero-order chi connectivity index (χ0) is 9.97. The van der Waals surface area contributed by atoms with Gasteiger partial charge in [0, 0.05) is 11.8 Å². The van der Waals surface area contributed by atoms with Crippen LogP contribution in [-0.4, -0.2) is 27.5 Å². The summed E-state index contributed by atoms with van der Waals surface area (Å²) in [5.74, 6) is 3.00. The highest BCUT2D eigenvalue weighted by atomic mass is 127. The number of nitrogens with one attached hydrogen (secondary N) is 2. The van der Waals surface area contributed by atoms with Crippen LogP contribution in [0.4, 0.5) is 5.82 Å². The van der Waals surface area contributed by atoms with Crippen molar-refractivity contribution in [3.8, 4) is 0 Å². The Morgan fingerprint density at radius 1 is 1.71 bits per heavy atom. The van der Waals surface area contributed by atoms with Gasteiger partial charge < -0.3 is 10.3 Å². The minimum Gasteiger partial charge on any atom is -0.365 e. The summed E-state index contributed by atoms with van der Waals surface area (Å²) in [5.41, 5.74) is -0.0752. The number of aromatic nitrogens is 2. The smallest absolute Gasteiger partial charge is 0.266 e. The quantitative estimate of drug-likeness (QED) is 0.806. The van der Waals surface area contributed by atoms with Crippen molar-refractivity contribution in [3.63, 3.8) is 0 Å². The van der Waals surface area contributed by atoms with E-state index in [1.165, 1.54) is 12.1 Å². The third-order valence-electron chi connectivity index (χ3n) is 2.07. The molecule has 1 aromatic rings. The Hall–Kier alpha value is -0.240. The fourth-order valence-electron chi connectivity index (χ4n) is 1.33. The Morgan fingerprint density at radius 2 is 2.57 bits per heavy atom. The molecule has 0 amide bonds. The summed E-state index contributed by atoms with van der Waals surface area (Å²) in [7, 11) is 0. The first kappa shape index (κ1) is 10.3. The van der Waals surface area contributed by atoms with E-state index in [0.717, 1.165) is 12.2 Å². The van der Waals surface area contributed by atoms with Crippen molar-refractivity contribution in [2.75, 3.05) is 16.8 Å². The molecule has 2 rings (SSSR count). The maximum absolute atomic E-state index is 11.3. The molecule has 6 heteroatoms. The SMILES string of the molecule is O=c1[nH]cnc(NC2CCSC2)c1I. The van der Waals surface area contributed by atoms with Crippen LogP contribution in [-0.2, 0) is 0 Å². The normalized spacial score (nSPS) is 21.1. The van der Waals surface area contributed by atoms with Crippen LogP contribution < -0.4 is 10.9 Å². The molecule has 1 aliphatic heterocycles. The predicted octanol–water partition coefficient (Wildman–Crippen LogP) is 1.29. The van der Waals surface area contributed by atoms with Crippen molar-refractivity contribution in [1.82, 2.24) is 9.97 Å². The molecule has 2 heterocycles. The molecule has 0 saturated carbocycles. The number of halogens is 1. The molecule has 1 aliphatic rings. The van der Waals surface area contributed by atoms with Crippen LogP contribution in [0.2, 0.25) is 0 Å². The van der Waals surface area contributed by atoms with E-state index in [-0.39, 0.29) is 5.56 Å². The van der Waals surface area contributed by atoms with Crippen molar-refractivity contribution in [2.24, 2.45) is 0 Å². The van der Waals surface area contributed by atoms with Gasteiger partial charge in [-0.05, 0) is 34.8 Å². The van der Waals surface area contributed by atoms with Crippen molar-refractivity contribution in [3.05, 3.63) is 20.3 Å². The first-order valence-electron chi connectivity index (χ1n) is 4.35. The average molecular weight is 323 g/mol. The number of anilines is 1. The topological polar surface area (TPSA) is 57.8 Å². The first-order valence-corrected chi connectivity index (χ1v) is 6.58.